The van der Waals surface area contributed by atoms with Crippen molar-refractivity contribution in [3.05, 3.63) is 0 Å². The molecule has 1 N–H and O–H groups in total. The SMILES string of the molecule is COC1(CNC2CC3CCC(C2)N3C)CCC1. The second kappa shape index (κ2) is 4.52. The molecule has 0 amide bonds. The van der Waals surface area contributed by atoms with Crippen molar-refractivity contribution in [1.29, 1.82) is 0 Å². The molecule has 2 heterocycles. The van der Waals surface area contributed by atoms with Gasteiger partial charge in [0, 0.05) is 31.8 Å². The summed E-state index contributed by atoms with van der Waals surface area (Å²) in [6.45, 7) is 1.07. The minimum Gasteiger partial charge on any atom is -0.377 e. The van der Waals surface area contributed by atoms with Crippen LogP contribution < -0.4 is 5.32 Å². The highest BCUT2D eigenvalue weighted by Gasteiger charge is 2.41. The number of nitrogens with one attached hydrogen (secondary N) is 1. The second-order valence-corrected chi connectivity index (χ2v) is 6.34. The van der Waals surface area contributed by atoms with E-state index in [9.17, 15) is 0 Å². The van der Waals surface area contributed by atoms with E-state index in [2.05, 4.69) is 17.3 Å². The van der Waals surface area contributed by atoms with E-state index in [1.165, 1.54) is 44.9 Å². The molecule has 3 rings (SSSR count). The Morgan fingerprint density at radius 3 is 2.35 bits per heavy atom. The molecule has 2 bridgehead atoms. The van der Waals surface area contributed by atoms with Crippen LogP contribution in [0.2, 0.25) is 0 Å². The van der Waals surface area contributed by atoms with Gasteiger partial charge in [-0.2, -0.15) is 0 Å². The minimum atomic E-state index is 0.183. The molecule has 1 saturated carbocycles. The van der Waals surface area contributed by atoms with Gasteiger partial charge in [-0.15, -0.1) is 0 Å². The van der Waals surface area contributed by atoms with Gasteiger partial charge in [-0.3, -0.25) is 0 Å². The maximum atomic E-state index is 5.68. The summed E-state index contributed by atoms with van der Waals surface area (Å²) < 4.78 is 5.68. The fraction of sp³-hybridized carbons (Fsp3) is 1.00. The van der Waals surface area contributed by atoms with Crippen LogP contribution in [-0.2, 0) is 4.74 Å². The lowest BCUT2D eigenvalue weighted by atomic mass is 9.79. The van der Waals surface area contributed by atoms with Crippen LogP contribution in [0.1, 0.15) is 44.9 Å². The van der Waals surface area contributed by atoms with Crippen LogP contribution >= 0.6 is 0 Å². The number of hydrogen-bond acceptors (Lipinski definition) is 3. The van der Waals surface area contributed by atoms with Gasteiger partial charge in [0.1, 0.15) is 0 Å². The van der Waals surface area contributed by atoms with Gasteiger partial charge < -0.3 is 15.0 Å². The zero-order chi connectivity index (χ0) is 11.9. The molecular formula is C14H26N2O. The summed E-state index contributed by atoms with van der Waals surface area (Å²) in [6.07, 6.45) is 9.34. The normalized spacial score (nSPS) is 40.2. The van der Waals surface area contributed by atoms with Crippen molar-refractivity contribution in [1.82, 2.24) is 10.2 Å². The van der Waals surface area contributed by atoms with Gasteiger partial charge in [0.25, 0.3) is 0 Å². The highest BCUT2D eigenvalue weighted by atomic mass is 16.5. The first-order chi connectivity index (χ1) is 8.22. The Bertz CT molecular complexity index is 258. The summed E-state index contributed by atoms with van der Waals surface area (Å²) in [5.41, 5.74) is 0.183. The van der Waals surface area contributed by atoms with E-state index in [0.29, 0.717) is 0 Å². The summed E-state index contributed by atoms with van der Waals surface area (Å²) in [5, 5.41) is 3.78. The van der Waals surface area contributed by atoms with E-state index < -0.39 is 0 Å². The van der Waals surface area contributed by atoms with E-state index in [-0.39, 0.29) is 5.60 Å². The molecule has 0 aromatic carbocycles. The Kier molecular flexibility index (Phi) is 3.18. The number of hydrogen-bond donors (Lipinski definition) is 1. The maximum absolute atomic E-state index is 5.68. The molecule has 2 aliphatic heterocycles. The molecule has 98 valence electrons. The number of methoxy groups -OCH3 is 1. The lowest BCUT2D eigenvalue weighted by Gasteiger charge is -2.43. The molecule has 0 aromatic rings. The number of nitrogens with zero attached hydrogens (tertiary/aromatic N) is 1. The van der Waals surface area contributed by atoms with Crippen LogP contribution in [-0.4, -0.2) is 49.3 Å². The minimum absolute atomic E-state index is 0.183. The van der Waals surface area contributed by atoms with Crippen molar-refractivity contribution < 1.29 is 4.74 Å². The van der Waals surface area contributed by atoms with Gasteiger partial charge in [-0.25, -0.2) is 0 Å². The maximum Gasteiger partial charge on any atom is 0.0802 e. The molecule has 17 heavy (non-hydrogen) atoms. The van der Waals surface area contributed by atoms with E-state index in [0.717, 1.165) is 24.7 Å². The van der Waals surface area contributed by atoms with Gasteiger partial charge in [-0.1, -0.05) is 0 Å². The monoisotopic (exact) mass is 238 g/mol. The molecule has 0 radical (unpaired) electrons. The van der Waals surface area contributed by atoms with Crippen LogP contribution in [0.25, 0.3) is 0 Å². The average Bonchev–Trinajstić information content (AvgIpc) is 2.52. The predicted octanol–water partition coefficient (Wildman–Crippen LogP) is 1.77. The summed E-state index contributed by atoms with van der Waals surface area (Å²) in [5.74, 6) is 0. The van der Waals surface area contributed by atoms with Crippen molar-refractivity contribution in [3.8, 4) is 0 Å². The molecule has 3 fully saturated rings. The van der Waals surface area contributed by atoms with Crippen LogP contribution in [0.4, 0.5) is 0 Å². The first kappa shape index (κ1) is 11.9. The Balaban J connectivity index is 1.50. The van der Waals surface area contributed by atoms with Crippen molar-refractivity contribution in [2.45, 2.75) is 68.7 Å². The first-order valence-electron chi connectivity index (χ1n) is 7.23. The van der Waals surface area contributed by atoms with Crippen LogP contribution in [0, 0.1) is 0 Å². The van der Waals surface area contributed by atoms with Crippen molar-refractivity contribution in [2.24, 2.45) is 0 Å². The average molecular weight is 238 g/mol. The Labute approximate surface area is 105 Å². The van der Waals surface area contributed by atoms with Gasteiger partial charge >= 0.3 is 0 Å². The molecule has 2 unspecified atom stereocenters. The molecule has 3 heteroatoms. The van der Waals surface area contributed by atoms with Crippen molar-refractivity contribution in [2.75, 3.05) is 20.7 Å². The summed E-state index contributed by atoms with van der Waals surface area (Å²) in [7, 11) is 4.18. The highest BCUT2D eigenvalue weighted by molar-refractivity contribution is 4.98. The van der Waals surface area contributed by atoms with Gasteiger partial charge in [0.15, 0.2) is 0 Å². The predicted molar refractivity (Wildman–Crippen MR) is 69.2 cm³/mol. The molecule has 0 spiro atoms. The molecule has 1 aliphatic carbocycles. The third-order valence-corrected chi connectivity index (χ3v) is 5.51. The van der Waals surface area contributed by atoms with Gasteiger partial charge in [0.2, 0.25) is 0 Å². The van der Waals surface area contributed by atoms with Gasteiger partial charge in [-0.05, 0) is 52.0 Å². The van der Waals surface area contributed by atoms with Crippen molar-refractivity contribution in [3.63, 3.8) is 0 Å². The summed E-state index contributed by atoms with van der Waals surface area (Å²) >= 11 is 0. The lowest BCUT2D eigenvalue weighted by molar-refractivity contribution is -0.0722. The zero-order valence-electron chi connectivity index (χ0n) is 11.2. The number of piperidine rings is 1. The number of rotatable bonds is 4. The molecular weight excluding hydrogens is 212 g/mol. The molecule has 2 atom stereocenters. The fourth-order valence-corrected chi connectivity index (χ4v) is 3.93. The molecule has 0 aromatic heterocycles. The van der Waals surface area contributed by atoms with E-state index in [4.69, 9.17) is 4.74 Å². The zero-order valence-corrected chi connectivity index (χ0v) is 11.2. The molecule has 3 aliphatic rings. The smallest absolute Gasteiger partial charge is 0.0802 e. The third kappa shape index (κ3) is 2.13. The third-order valence-electron chi connectivity index (χ3n) is 5.51. The van der Waals surface area contributed by atoms with Crippen LogP contribution in [0.3, 0.4) is 0 Å². The number of ether oxygens (including phenoxy) is 1. The topological polar surface area (TPSA) is 24.5 Å². The second-order valence-electron chi connectivity index (χ2n) is 6.34. The Morgan fingerprint density at radius 1 is 1.24 bits per heavy atom. The first-order valence-corrected chi connectivity index (χ1v) is 7.23. The molecule has 2 saturated heterocycles. The fourth-order valence-electron chi connectivity index (χ4n) is 3.93. The number of fused-ring (bicyclic) bond motifs is 2. The van der Waals surface area contributed by atoms with E-state index >= 15 is 0 Å². The highest BCUT2D eigenvalue weighted by Crippen LogP contribution is 2.37. The van der Waals surface area contributed by atoms with Crippen molar-refractivity contribution >= 4 is 0 Å². The Hall–Kier alpha value is -0.120. The Morgan fingerprint density at radius 2 is 1.88 bits per heavy atom. The van der Waals surface area contributed by atoms with E-state index in [1.54, 1.807) is 0 Å². The quantitative estimate of drug-likeness (QED) is 0.808. The molecule has 3 nitrogen and oxygen atoms in total. The summed E-state index contributed by atoms with van der Waals surface area (Å²) in [4.78, 5) is 2.60. The standard InChI is InChI=1S/C14H26N2O/c1-16-12-4-5-13(16)9-11(8-12)15-10-14(17-2)6-3-7-14/h11-13,15H,3-10H2,1-2H3. The lowest BCUT2D eigenvalue weighted by Crippen LogP contribution is -2.54. The van der Waals surface area contributed by atoms with Crippen LogP contribution in [0.5, 0.6) is 0 Å². The largest absolute Gasteiger partial charge is 0.377 e. The van der Waals surface area contributed by atoms with Gasteiger partial charge in [0.05, 0.1) is 5.60 Å². The summed E-state index contributed by atoms with van der Waals surface area (Å²) in [6, 6.07) is 2.41. The van der Waals surface area contributed by atoms with Crippen LogP contribution in [0.15, 0.2) is 0 Å². The van der Waals surface area contributed by atoms with E-state index in [1.807, 2.05) is 7.11 Å².